The van der Waals surface area contributed by atoms with Crippen molar-refractivity contribution in [3.63, 3.8) is 0 Å². The topological polar surface area (TPSA) is 30.0 Å². The molecular weight excluding hydrogens is 163 g/mol. The number of thiazole rings is 1. The molecule has 0 spiro atoms. The van der Waals surface area contributed by atoms with Crippen LogP contribution in [0.5, 0.6) is 0 Å². The van der Waals surface area contributed by atoms with Crippen molar-refractivity contribution in [2.45, 2.75) is 0 Å². The Morgan fingerprint density at radius 1 is 1.57 bits per heavy atom. The molecule has 0 aliphatic carbocycles. The molecule has 0 amide bonds. The molecule has 0 unspecified atom stereocenters. The Morgan fingerprint density at radius 3 is 2.43 bits per heavy atom. The Labute approximate surface area is 55.5 Å². The summed E-state index contributed by atoms with van der Waals surface area (Å²) in [7, 11) is 0. The van der Waals surface area contributed by atoms with E-state index in [1.165, 1.54) is 0 Å². The Bertz CT molecular complexity index is 81.8. The quantitative estimate of drug-likeness (QED) is 0.539. The summed E-state index contributed by atoms with van der Waals surface area (Å²) in [5.74, 6) is 0. The van der Waals surface area contributed by atoms with E-state index < -0.39 is 0 Å². The summed E-state index contributed by atoms with van der Waals surface area (Å²) in [6.45, 7) is 0. The molecule has 7 heavy (non-hydrogen) atoms. The summed E-state index contributed by atoms with van der Waals surface area (Å²) in [5.41, 5.74) is 1.79. The number of rotatable bonds is 0. The van der Waals surface area contributed by atoms with Crippen LogP contribution < -0.4 is 0 Å². The first-order valence-corrected chi connectivity index (χ1v) is 3.76. The van der Waals surface area contributed by atoms with Gasteiger partial charge in [0.2, 0.25) is 0 Å². The fourth-order valence-corrected chi connectivity index (χ4v) is 0.527. The minimum atomic E-state index is 0.125. The zero-order chi connectivity index (χ0) is 5.54. The number of aromatic nitrogens is 1. The zero-order valence-corrected chi connectivity index (χ0v) is 7.49. The largest absolute Gasteiger partial charge is 0.253 e. The van der Waals surface area contributed by atoms with Gasteiger partial charge >= 0.3 is 21.8 Å². The molecular formula is C3H3NOSZn. The second-order valence-electron chi connectivity index (χ2n) is 0.676. The predicted molar refractivity (Wildman–Crippen MR) is 22.8 cm³/mol. The van der Waals surface area contributed by atoms with Crippen molar-refractivity contribution in [3.05, 3.63) is 17.1 Å². The molecule has 0 saturated carbocycles. The summed E-state index contributed by atoms with van der Waals surface area (Å²) in [5, 5.41) is 1.93. The number of nitrogens with zero attached hydrogens (tertiary/aromatic N) is 1. The fraction of sp³-hybridized carbons (Fsp3) is 0. The summed E-state index contributed by atoms with van der Waals surface area (Å²) in [4.78, 5) is 3.74. The van der Waals surface area contributed by atoms with Crippen molar-refractivity contribution in [1.82, 2.24) is 4.98 Å². The third kappa shape index (κ3) is 3.89. The van der Waals surface area contributed by atoms with Crippen molar-refractivity contribution in [2.75, 3.05) is 0 Å². The first-order valence-electron chi connectivity index (χ1n) is 1.61. The second-order valence-corrected chi connectivity index (χ2v) is 1.43. The van der Waals surface area contributed by atoms with Crippen molar-refractivity contribution < 1.29 is 21.8 Å². The van der Waals surface area contributed by atoms with Gasteiger partial charge in [0, 0.05) is 11.6 Å². The molecule has 1 aromatic heterocycles. The molecule has 0 fully saturated rings. The molecule has 34 valence electrons. The van der Waals surface area contributed by atoms with Gasteiger partial charge in [-0.1, -0.05) is 0 Å². The average Bonchev–Trinajstić information content (AvgIpc) is 2.23. The Hall–Kier alpha value is 0.0534. The second kappa shape index (κ2) is 6.05. The van der Waals surface area contributed by atoms with Crippen LogP contribution >= 0.6 is 11.3 Å². The van der Waals surface area contributed by atoms with Crippen LogP contribution in [-0.2, 0) is 21.8 Å². The molecule has 0 bridgehead atoms. The monoisotopic (exact) mass is 165 g/mol. The molecule has 2 nitrogen and oxygen atoms in total. The Kier molecular flexibility index (Phi) is 6.10. The number of hydrogen-bond acceptors (Lipinski definition) is 3. The first kappa shape index (κ1) is 7.05. The van der Waals surface area contributed by atoms with Gasteiger partial charge in [0.25, 0.3) is 0 Å². The maximum absolute atomic E-state index is 8.38. The van der Waals surface area contributed by atoms with Crippen molar-refractivity contribution in [1.29, 1.82) is 0 Å². The SMILES string of the molecule is [O]=[Zn].c1cscn1. The van der Waals surface area contributed by atoms with E-state index >= 15 is 0 Å². The molecule has 4 heteroatoms. The zero-order valence-electron chi connectivity index (χ0n) is 3.70. The van der Waals surface area contributed by atoms with E-state index in [-0.39, 0.29) is 18.3 Å². The van der Waals surface area contributed by atoms with E-state index in [1.807, 2.05) is 5.38 Å². The van der Waals surface area contributed by atoms with Crippen LogP contribution in [0.25, 0.3) is 0 Å². The van der Waals surface area contributed by atoms with Gasteiger partial charge in [-0.05, 0) is 0 Å². The molecule has 0 N–H and O–H groups in total. The molecule has 1 aromatic rings. The molecule has 0 radical (unpaired) electrons. The Morgan fingerprint density at radius 2 is 2.29 bits per heavy atom. The van der Waals surface area contributed by atoms with Gasteiger partial charge in [0.1, 0.15) is 0 Å². The molecule has 0 aromatic carbocycles. The van der Waals surface area contributed by atoms with Gasteiger partial charge in [0.05, 0.1) is 5.51 Å². The van der Waals surface area contributed by atoms with E-state index in [4.69, 9.17) is 3.57 Å². The molecule has 1 rings (SSSR count). The van der Waals surface area contributed by atoms with Crippen LogP contribution in [0.1, 0.15) is 0 Å². The van der Waals surface area contributed by atoms with Crippen LogP contribution in [0.2, 0.25) is 0 Å². The van der Waals surface area contributed by atoms with E-state index in [0.29, 0.717) is 0 Å². The summed E-state index contributed by atoms with van der Waals surface area (Å²) in [6.07, 6.45) is 1.77. The van der Waals surface area contributed by atoms with Gasteiger partial charge in [-0.25, -0.2) is 0 Å². The fourth-order valence-electron chi connectivity index (χ4n) is 0.176. The Balaban J connectivity index is 0.000000162. The standard InChI is InChI=1S/C3H3NS.O.Zn/c1-2-5-3-4-1;;/h1-3H;;. The van der Waals surface area contributed by atoms with Crippen molar-refractivity contribution >= 4 is 11.3 Å². The van der Waals surface area contributed by atoms with Crippen LogP contribution in [0.15, 0.2) is 17.1 Å². The van der Waals surface area contributed by atoms with Crippen LogP contribution in [0.3, 0.4) is 0 Å². The summed E-state index contributed by atoms with van der Waals surface area (Å²) < 4.78 is 8.38. The minimum absolute atomic E-state index is 0.125. The minimum Gasteiger partial charge on any atom is -0.253 e. The van der Waals surface area contributed by atoms with E-state index in [2.05, 4.69) is 4.98 Å². The summed E-state index contributed by atoms with van der Waals surface area (Å²) >= 11 is 1.73. The molecule has 0 aliphatic rings. The molecule has 0 saturated heterocycles. The maximum atomic E-state index is 8.38. The molecule has 1 heterocycles. The normalized spacial score (nSPS) is 6.57. The first-order chi connectivity index (χ1) is 3.50. The molecule has 0 aliphatic heterocycles. The van der Waals surface area contributed by atoms with Crippen LogP contribution in [0, 0.1) is 0 Å². The van der Waals surface area contributed by atoms with E-state index in [0.717, 1.165) is 0 Å². The summed E-state index contributed by atoms with van der Waals surface area (Å²) in [6, 6.07) is 0. The average molecular weight is 167 g/mol. The number of hydrogen-bond donors (Lipinski definition) is 0. The van der Waals surface area contributed by atoms with Gasteiger partial charge in [0.15, 0.2) is 0 Å². The van der Waals surface area contributed by atoms with Gasteiger partial charge < -0.3 is 0 Å². The smallest absolute Gasteiger partial charge is 0.0791 e. The predicted octanol–water partition coefficient (Wildman–Crippen LogP) is 1.02. The van der Waals surface area contributed by atoms with Gasteiger partial charge in [-0.15, -0.1) is 11.3 Å². The van der Waals surface area contributed by atoms with Crippen LogP contribution in [0.4, 0.5) is 0 Å². The van der Waals surface area contributed by atoms with Gasteiger partial charge in [-0.3, -0.25) is 4.98 Å². The van der Waals surface area contributed by atoms with E-state index in [1.54, 1.807) is 23.0 Å². The van der Waals surface area contributed by atoms with Gasteiger partial charge in [-0.2, -0.15) is 0 Å². The third-order valence-corrected chi connectivity index (χ3v) is 0.869. The van der Waals surface area contributed by atoms with Crippen LogP contribution in [-0.4, -0.2) is 4.98 Å². The van der Waals surface area contributed by atoms with E-state index in [9.17, 15) is 0 Å². The third-order valence-electron chi connectivity index (χ3n) is 0.347. The maximum Gasteiger partial charge on any atom is 0.0791 e. The molecule has 0 atom stereocenters. The van der Waals surface area contributed by atoms with Crippen molar-refractivity contribution in [3.8, 4) is 0 Å². The van der Waals surface area contributed by atoms with Crippen molar-refractivity contribution in [2.24, 2.45) is 0 Å².